The lowest BCUT2D eigenvalue weighted by Gasteiger charge is -2.14. The first-order chi connectivity index (χ1) is 22.3. The summed E-state index contributed by atoms with van der Waals surface area (Å²) in [4.78, 5) is 38.4. The number of rotatable bonds is 11. The highest BCUT2D eigenvalue weighted by Crippen LogP contribution is 2.39. The second-order valence-corrected chi connectivity index (χ2v) is 9.52. The molecule has 46 heavy (non-hydrogen) atoms. The standard InChI is InChI=1S/C33H29N3O10/c1-40-26-12-19(8-10-25(26)46-33(39)22-15-28(41-2)30(43-4)29(16-22)42-3)17-34-36-32(38)20-6-5-7-23(13-20)35-31(37)21-9-11-24-27(14-21)45-18-44-24/h5-17H,18H2,1-4H3,(H,35,37)(H,36,38). The molecule has 0 aromatic heterocycles. The monoisotopic (exact) mass is 627 g/mol. The molecule has 0 aliphatic carbocycles. The Morgan fingerprint density at radius 3 is 2.13 bits per heavy atom. The maximum Gasteiger partial charge on any atom is 0.343 e. The molecule has 4 aromatic rings. The number of fused-ring (bicyclic) bond motifs is 1. The lowest BCUT2D eigenvalue weighted by molar-refractivity contribution is 0.0728. The van der Waals surface area contributed by atoms with E-state index in [4.69, 9.17) is 33.2 Å². The van der Waals surface area contributed by atoms with Crippen LogP contribution in [0.15, 0.2) is 77.9 Å². The number of benzene rings is 4. The molecule has 0 fully saturated rings. The summed E-state index contributed by atoms with van der Waals surface area (Å²) in [5, 5.41) is 6.78. The van der Waals surface area contributed by atoms with Gasteiger partial charge in [0.05, 0.1) is 40.2 Å². The van der Waals surface area contributed by atoms with Crippen molar-refractivity contribution in [3.8, 4) is 40.2 Å². The fourth-order valence-electron chi connectivity index (χ4n) is 4.42. The summed E-state index contributed by atoms with van der Waals surface area (Å²) in [6.07, 6.45) is 1.40. The minimum absolute atomic E-state index is 0.104. The Morgan fingerprint density at radius 2 is 1.41 bits per heavy atom. The molecule has 1 aliphatic heterocycles. The van der Waals surface area contributed by atoms with Gasteiger partial charge in [-0.3, -0.25) is 9.59 Å². The first-order valence-electron chi connectivity index (χ1n) is 13.7. The van der Waals surface area contributed by atoms with Crippen LogP contribution in [0.5, 0.6) is 40.2 Å². The molecule has 0 saturated carbocycles. The van der Waals surface area contributed by atoms with Crippen molar-refractivity contribution in [2.24, 2.45) is 5.10 Å². The number of carbonyl (C=O) groups is 3. The van der Waals surface area contributed by atoms with Crippen LogP contribution in [0.2, 0.25) is 0 Å². The number of hydrazone groups is 1. The third-order valence-corrected chi connectivity index (χ3v) is 6.69. The van der Waals surface area contributed by atoms with E-state index in [0.717, 1.165) is 0 Å². The first kappa shape index (κ1) is 31.2. The van der Waals surface area contributed by atoms with Crippen molar-refractivity contribution in [2.75, 3.05) is 40.5 Å². The van der Waals surface area contributed by atoms with Gasteiger partial charge in [0.25, 0.3) is 11.8 Å². The molecule has 0 atom stereocenters. The van der Waals surface area contributed by atoms with Gasteiger partial charge in [-0.05, 0) is 72.3 Å². The van der Waals surface area contributed by atoms with E-state index in [9.17, 15) is 14.4 Å². The number of hydrogen-bond acceptors (Lipinski definition) is 11. The number of ether oxygens (including phenoxy) is 7. The second kappa shape index (κ2) is 14.0. The van der Waals surface area contributed by atoms with Gasteiger partial charge >= 0.3 is 5.97 Å². The quantitative estimate of drug-likeness (QED) is 0.104. The van der Waals surface area contributed by atoms with E-state index < -0.39 is 11.9 Å². The lowest BCUT2D eigenvalue weighted by Crippen LogP contribution is -2.18. The molecule has 2 N–H and O–H groups in total. The minimum Gasteiger partial charge on any atom is -0.493 e. The average molecular weight is 628 g/mol. The van der Waals surface area contributed by atoms with Crippen LogP contribution in [0.4, 0.5) is 5.69 Å². The van der Waals surface area contributed by atoms with Crippen molar-refractivity contribution in [1.82, 2.24) is 5.43 Å². The van der Waals surface area contributed by atoms with Gasteiger partial charge in [0, 0.05) is 16.8 Å². The van der Waals surface area contributed by atoms with Gasteiger partial charge in [0.1, 0.15) is 0 Å². The van der Waals surface area contributed by atoms with E-state index in [-0.39, 0.29) is 35.3 Å². The van der Waals surface area contributed by atoms with Crippen molar-refractivity contribution in [3.63, 3.8) is 0 Å². The molecule has 0 bridgehead atoms. The zero-order valence-corrected chi connectivity index (χ0v) is 25.2. The predicted molar refractivity (Wildman–Crippen MR) is 166 cm³/mol. The summed E-state index contributed by atoms with van der Waals surface area (Å²) in [6, 6.07) is 19.0. The highest BCUT2D eigenvalue weighted by Gasteiger charge is 2.20. The third-order valence-electron chi connectivity index (χ3n) is 6.69. The van der Waals surface area contributed by atoms with Crippen LogP contribution in [0.25, 0.3) is 0 Å². The number of carbonyl (C=O) groups excluding carboxylic acids is 3. The number of methoxy groups -OCH3 is 4. The van der Waals surface area contributed by atoms with Crippen LogP contribution in [-0.2, 0) is 0 Å². The van der Waals surface area contributed by atoms with Crippen LogP contribution in [-0.4, -0.2) is 59.2 Å². The fraction of sp³-hybridized carbons (Fsp3) is 0.152. The Bertz CT molecular complexity index is 1800. The molecule has 0 saturated heterocycles. The number of esters is 1. The van der Waals surface area contributed by atoms with E-state index in [2.05, 4.69) is 15.8 Å². The maximum absolute atomic E-state index is 12.9. The smallest absolute Gasteiger partial charge is 0.343 e. The van der Waals surface area contributed by atoms with Crippen molar-refractivity contribution in [2.45, 2.75) is 0 Å². The first-order valence-corrected chi connectivity index (χ1v) is 13.7. The van der Waals surface area contributed by atoms with Crippen LogP contribution >= 0.6 is 0 Å². The number of amides is 2. The minimum atomic E-state index is -0.680. The highest BCUT2D eigenvalue weighted by molar-refractivity contribution is 6.05. The molecular formula is C33H29N3O10. The Morgan fingerprint density at radius 1 is 0.696 bits per heavy atom. The van der Waals surface area contributed by atoms with Gasteiger partial charge in [-0.15, -0.1) is 0 Å². The van der Waals surface area contributed by atoms with Gasteiger partial charge in [-0.25, -0.2) is 10.2 Å². The summed E-state index contributed by atoms with van der Waals surface area (Å²) < 4.78 is 37.5. The van der Waals surface area contributed by atoms with Gasteiger partial charge in [-0.2, -0.15) is 5.10 Å². The van der Waals surface area contributed by atoms with Crippen molar-refractivity contribution in [1.29, 1.82) is 0 Å². The van der Waals surface area contributed by atoms with Gasteiger partial charge in [-0.1, -0.05) is 6.07 Å². The van der Waals surface area contributed by atoms with E-state index >= 15 is 0 Å². The number of hydrogen-bond donors (Lipinski definition) is 2. The van der Waals surface area contributed by atoms with E-state index in [1.165, 1.54) is 58.9 Å². The Hall–Kier alpha value is -6.24. The fourth-order valence-corrected chi connectivity index (χ4v) is 4.42. The molecular weight excluding hydrogens is 598 g/mol. The normalized spacial score (nSPS) is 11.5. The Labute approximate surface area is 263 Å². The molecule has 1 aliphatic rings. The summed E-state index contributed by atoms with van der Waals surface area (Å²) >= 11 is 0. The van der Waals surface area contributed by atoms with E-state index in [0.29, 0.717) is 45.6 Å². The summed E-state index contributed by atoms with van der Waals surface area (Å²) in [6.45, 7) is 0.104. The largest absolute Gasteiger partial charge is 0.493 e. The van der Waals surface area contributed by atoms with Gasteiger partial charge < -0.3 is 38.5 Å². The average Bonchev–Trinajstić information content (AvgIpc) is 3.56. The molecule has 236 valence electrons. The molecule has 0 spiro atoms. The predicted octanol–water partition coefficient (Wildman–Crippen LogP) is 4.69. The Balaban J connectivity index is 1.21. The summed E-state index contributed by atoms with van der Waals surface area (Å²) in [7, 11) is 5.77. The second-order valence-electron chi connectivity index (χ2n) is 9.52. The lowest BCUT2D eigenvalue weighted by atomic mass is 10.1. The summed E-state index contributed by atoms with van der Waals surface area (Å²) in [5.74, 6) is 0.845. The molecule has 13 nitrogen and oxygen atoms in total. The zero-order valence-electron chi connectivity index (χ0n) is 25.2. The zero-order chi connectivity index (χ0) is 32.6. The van der Waals surface area contributed by atoms with Crippen molar-refractivity contribution >= 4 is 29.7 Å². The van der Waals surface area contributed by atoms with Crippen molar-refractivity contribution in [3.05, 3.63) is 95.1 Å². The molecule has 0 radical (unpaired) electrons. The number of nitrogens with one attached hydrogen (secondary N) is 2. The SMILES string of the molecule is COc1cc(C=NNC(=O)c2cccc(NC(=O)c3ccc4c(c3)OCO4)c2)ccc1OC(=O)c1cc(OC)c(OC)c(OC)c1. The van der Waals surface area contributed by atoms with Gasteiger partial charge in [0.15, 0.2) is 34.5 Å². The molecule has 4 aromatic carbocycles. The third kappa shape index (κ3) is 6.94. The van der Waals surface area contributed by atoms with Crippen molar-refractivity contribution < 1.29 is 47.5 Å². The molecule has 13 heteroatoms. The van der Waals surface area contributed by atoms with E-state index in [1.54, 1.807) is 48.5 Å². The number of nitrogens with zero attached hydrogens (tertiary/aromatic N) is 1. The van der Waals surface area contributed by atoms with Crippen LogP contribution in [0.3, 0.4) is 0 Å². The summed E-state index contributed by atoms with van der Waals surface area (Å²) in [5.41, 5.74) is 4.23. The molecule has 0 unspecified atom stereocenters. The molecule has 5 rings (SSSR count). The van der Waals surface area contributed by atoms with Crippen LogP contribution in [0, 0.1) is 0 Å². The topological polar surface area (TPSA) is 152 Å². The van der Waals surface area contributed by atoms with E-state index in [1.807, 2.05) is 0 Å². The highest BCUT2D eigenvalue weighted by atomic mass is 16.7. The number of anilines is 1. The Kier molecular flexibility index (Phi) is 9.51. The van der Waals surface area contributed by atoms with Crippen LogP contribution < -0.4 is 43.9 Å². The molecule has 2 amide bonds. The van der Waals surface area contributed by atoms with Crippen LogP contribution in [0.1, 0.15) is 36.6 Å². The van der Waals surface area contributed by atoms with Gasteiger partial charge in [0.2, 0.25) is 12.5 Å². The molecule has 1 heterocycles. The maximum atomic E-state index is 12.9.